The van der Waals surface area contributed by atoms with E-state index in [1.165, 1.54) is 12.1 Å². The smallest absolute Gasteiger partial charge is 0.183 e. The van der Waals surface area contributed by atoms with E-state index >= 15 is 0 Å². The molecule has 6 nitrogen and oxygen atoms in total. The van der Waals surface area contributed by atoms with Crippen molar-refractivity contribution in [1.29, 1.82) is 0 Å². The molecule has 0 radical (unpaired) electrons. The Hall–Kier alpha value is -1.90. The molecule has 0 aliphatic carbocycles. The van der Waals surface area contributed by atoms with Gasteiger partial charge in [-0.25, -0.2) is 16.8 Å². The molecule has 0 saturated carbocycles. The molecule has 1 N–H and O–H groups in total. The molecule has 0 aromatic heterocycles. The maximum absolute atomic E-state index is 13.1. The second-order valence-electron chi connectivity index (χ2n) is 6.98. The van der Waals surface area contributed by atoms with Gasteiger partial charge in [0.05, 0.1) is 28.3 Å². The van der Waals surface area contributed by atoms with Gasteiger partial charge >= 0.3 is 0 Å². The Morgan fingerprint density at radius 3 is 2.39 bits per heavy atom. The molecule has 0 bridgehead atoms. The summed E-state index contributed by atoms with van der Waals surface area (Å²) in [6, 6.07) is 13.2. The number of nitrogens with one attached hydrogen (secondary N) is 1. The average Bonchev–Trinajstić information content (AvgIpc) is 2.97. The average molecular weight is 424 g/mol. The van der Waals surface area contributed by atoms with Crippen molar-refractivity contribution in [2.75, 3.05) is 18.1 Å². The molecule has 1 saturated heterocycles. The lowest BCUT2D eigenvalue weighted by atomic mass is 10.1. The molecule has 2 unspecified atom stereocenters. The van der Waals surface area contributed by atoms with Crippen molar-refractivity contribution in [1.82, 2.24) is 5.32 Å². The largest absolute Gasteiger partial charge is 0.494 e. The van der Waals surface area contributed by atoms with Crippen molar-refractivity contribution in [3.63, 3.8) is 0 Å². The molecule has 152 valence electrons. The van der Waals surface area contributed by atoms with Crippen LogP contribution in [0.2, 0.25) is 0 Å². The van der Waals surface area contributed by atoms with Gasteiger partial charge in [0.1, 0.15) is 5.75 Å². The van der Waals surface area contributed by atoms with E-state index in [4.69, 9.17) is 4.74 Å². The minimum absolute atomic E-state index is 0.112. The standard InChI is InChI=1S/C20H25NO5S2/c1-3-26-17-8-10-18(11-9-17)28(24,25)20-14-27(22,23)13-19(20)21-12-16-7-5-4-6-15(16)2/h4-11,19-21H,3,12-14H2,1-2H3. The van der Waals surface area contributed by atoms with Crippen LogP contribution < -0.4 is 10.1 Å². The fourth-order valence-electron chi connectivity index (χ4n) is 3.43. The third-order valence-electron chi connectivity index (χ3n) is 4.98. The van der Waals surface area contributed by atoms with Crippen LogP contribution in [-0.4, -0.2) is 46.2 Å². The molecule has 1 aliphatic heterocycles. The fraction of sp³-hybridized carbons (Fsp3) is 0.400. The van der Waals surface area contributed by atoms with Gasteiger partial charge in [-0.15, -0.1) is 0 Å². The van der Waals surface area contributed by atoms with E-state index in [1.54, 1.807) is 12.1 Å². The van der Waals surface area contributed by atoms with Gasteiger partial charge in [0, 0.05) is 12.6 Å². The van der Waals surface area contributed by atoms with E-state index in [-0.39, 0.29) is 16.4 Å². The maximum Gasteiger partial charge on any atom is 0.183 e. The molecular weight excluding hydrogens is 398 g/mol. The van der Waals surface area contributed by atoms with Crippen LogP contribution in [0.4, 0.5) is 0 Å². The van der Waals surface area contributed by atoms with E-state index < -0.39 is 31.0 Å². The van der Waals surface area contributed by atoms with Crippen molar-refractivity contribution in [2.45, 2.75) is 36.6 Å². The lowest BCUT2D eigenvalue weighted by Gasteiger charge is -2.20. The first-order valence-electron chi connectivity index (χ1n) is 9.18. The number of aryl methyl sites for hydroxylation is 1. The Morgan fingerprint density at radius 1 is 1.07 bits per heavy atom. The van der Waals surface area contributed by atoms with E-state index in [0.29, 0.717) is 18.9 Å². The summed E-state index contributed by atoms with van der Waals surface area (Å²) >= 11 is 0. The molecule has 0 amide bonds. The van der Waals surface area contributed by atoms with Crippen LogP contribution in [0.1, 0.15) is 18.1 Å². The molecular formula is C20H25NO5S2. The molecule has 1 fully saturated rings. The molecule has 2 atom stereocenters. The van der Waals surface area contributed by atoms with Crippen LogP contribution in [0.3, 0.4) is 0 Å². The third kappa shape index (κ3) is 4.56. The van der Waals surface area contributed by atoms with E-state index in [1.807, 2.05) is 38.1 Å². The number of ether oxygens (including phenoxy) is 1. The van der Waals surface area contributed by atoms with Crippen molar-refractivity contribution in [2.24, 2.45) is 0 Å². The highest BCUT2D eigenvalue weighted by atomic mass is 32.2. The lowest BCUT2D eigenvalue weighted by Crippen LogP contribution is -2.43. The number of hydrogen-bond donors (Lipinski definition) is 1. The van der Waals surface area contributed by atoms with Gasteiger partial charge in [0.15, 0.2) is 19.7 Å². The van der Waals surface area contributed by atoms with Gasteiger partial charge in [-0.1, -0.05) is 24.3 Å². The molecule has 1 heterocycles. The van der Waals surface area contributed by atoms with E-state index in [9.17, 15) is 16.8 Å². The van der Waals surface area contributed by atoms with Gasteiger partial charge in [0.2, 0.25) is 0 Å². The summed E-state index contributed by atoms with van der Waals surface area (Å²) in [5.41, 5.74) is 2.09. The van der Waals surface area contributed by atoms with Gasteiger partial charge in [-0.3, -0.25) is 0 Å². The second-order valence-corrected chi connectivity index (χ2v) is 11.3. The molecule has 1 aliphatic rings. The predicted molar refractivity (Wildman–Crippen MR) is 109 cm³/mol. The summed E-state index contributed by atoms with van der Waals surface area (Å²) in [4.78, 5) is 0.112. The zero-order chi connectivity index (χ0) is 20.4. The Kier molecular flexibility index (Phi) is 6.12. The summed E-state index contributed by atoms with van der Waals surface area (Å²) in [6.07, 6.45) is 0. The maximum atomic E-state index is 13.1. The van der Waals surface area contributed by atoms with Gasteiger partial charge in [0.25, 0.3) is 0 Å². The summed E-state index contributed by atoms with van der Waals surface area (Å²) in [5.74, 6) is 0.0306. The number of hydrogen-bond acceptors (Lipinski definition) is 6. The Morgan fingerprint density at radius 2 is 1.75 bits per heavy atom. The van der Waals surface area contributed by atoms with Crippen LogP contribution in [0, 0.1) is 6.92 Å². The second kappa shape index (κ2) is 8.23. The summed E-state index contributed by atoms with van der Waals surface area (Å²) < 4.78 is 56.1. The molecule has 2 aromatic carbocycles. The van der Waals surface area contributed by atoms with Crippen LogP contribution in [-0.2, 0) is 26.2 Å². The zero-order valence-electron chi connectivity index (χ0n) is 16.0. The minimum Gasteiger partial charge on any atom is -0.494 e. The Balaban J connectivity index is 1.83. The normalized spacial score (nSPS) is 21.5. The molecule has 3 rings (SSSR count). The Labute approximate surface area is 166 Å². The van der Waals surface area contributed by atoms with Gasteiger partial charge in [-0.05, 0) is 49.2 Å². The molecule has 28 heavy (non-hydrogen) atoms. The molecule has 0 spiro atoms. The van der Waals surface area contributed by atoms with Gasteiger partial charge < -0.3 is 10.1 Å². The molecule has 2 aromatic rings. The van der Waals surface area contributed by atoms with Crippen LogP contribution in [0.15, 0.2) is 53.4 Å². The summed E-state index contributed by atoms with van der Waals surface area (Å²) in [6.45, 7) is 4.72. The third-order valence-corrected chi connectivity index (χ3v) is 9.14. The zero-order valence-corrected chi connectivity index (χ0v) is 17.6. The van der Waals surface area contributed by atoms with E-state index in [2.05, 4.69) is 5.32 Å². The van der Waals surface area contributed by atoms with Crippen molar-refractivity contribution in [3.05, 3.63) is 59.7 Å². The highest BCUT2D eigenvalue weighted by molar-refractivity contribution is 7.96. The first kappa shape index (κ1) is 20.8. The minimum atomic E-state index is -3.80. The van der Waals surface area contributed by atoms with Crippen LogP contribution in [0.25, 0.3) is 0 Å². The van der Waals surface area contributed by atoms with Crippen LogP contribution in [0.5, 0.6) is 5.75 Å². The molecule has 8 heteroatoms. The first-order chi connectivity index (χ1) is 13.2. The van der Waals surface area contributed by atoms with Crippen molar-refractivity contribution in [3.8, 4) is 5.75 Å². The predicted octanol–water partition coefficient (Wildman–Crippen LogP) is 2.12. The quantitative estimate of drug-likeness (QED) is 0.734. The number of benzene rings is 2. The first-order valence-corrected chi connectivity index (χ1v) is 12.5. The number of sulfone groups is 2. The van der Waals surface area contributed by atoms with Crippen LogP contribution >= 0.6 is 0 Å². The highest BCUT2D eigenvalue weighted by Gasteiger charge is 2.45. The Bertz CT molecular complexity index is 1030. The number of rotatable bonds is 7. The summed E-state index contributed by atoms with van der Waals surface area (Å²) in [7, 11) is -7.24. The van der Waals surface area contributed by atoms with Crippen molar-refractivity contribution >= 4 is 19.7 Å². The SMILES string of the molecule is CCOc1ccc(S(=O)(=O)C2CS(=O)(=O)CC2NCc2ccccc2C)cc1. The highest BCUT2D eigenvalue weighted by Crippen LogP contribution is 2.27. The monoisotopic (exact) mass is 423 g/mol. The lowest BCUT2D eigenvalue weighted by molar-refractivity contribution is 0.340. The van der Waals surface area contributed by atoms with E-state index in [0.717, 1.165) is 11.1 Å². The summed E-state index contributed by atoms with van der Waals surface area (Å²) in [5, 5.41) is 2.15. The van der Waals surface area contributed by atoms with Gasteiger partial charge in [-0.2, -0.15) is 0 Å². The van der Waals surface area contributed by atoms with Crippen molar-refractivity contribution < 1.29 is 21.6 Å². The fourth-order valence-corrected chi connectivity index (χ4v) is 8.14. The topological polar surface area (TPSA) is 89.5 Å².